The number of hydrogen-bond donors (Lipinski definition) is 4. The second kappa shape index (κ2) is 18.5. The van der Waals surface area contributed by atoms with E-state index in [1.165, 1.54) is 38.5 Å². The Morgan fingerprint density at radius 2 is 1.16 bits per heavy atom. The SMILES string of the molecule is CC(C)(C)[C@H](Nc1cccc(C(F)(F)F)c1)C(=O)O.COC(=O)[C@@H]1[C@@H]2[C@H](CN1C(=O)[C@@H](Nc1cccc(C(F)(F)F)c1)C(C)(C)C)C2(C)C.COC(=O)[C@H]1NC[C@H]2[C@@H]1C2(C)C.Cl. The van der Waals surface area contributed by atoms with E-state index in [1.807, 2.05) is 20.8 Å². The molecule has 4 aliphatic rings. The Balaban J connectivity index is 0.000000272. The van der Waals surface area contributed by atoms with Crippen molar-refractivity contribution in [3.8, 4) is 0 Å². The third-order valence-corrected chi connectivity index (χ3v) is 12.7. The molecule has 62 heavy (non-hydrogen) atoms. The largest absolute Gasteiger partial charge is 0.480 e. The van der Waals surface area contributed by atoms with Gasteiger partial charge >= 0.3 is 30.3 Å². The average molecular weight is 907 g/mol. The number of anilines is 2. The summed E-state index contributed by atoms with van der Waals surface area (Å²) in [4.78, 5) is 49.9. The van der Waals surface area contributed by atoms with E-state index >= 15 is 0 Å². The lowest BCUT2D eigenvalue weighted by Crippen LogP contribution is -2.54. The van der Waals surface area contributed by atoms with Crippen LogP contribution in [-0.4, -0.2) is 85.3 Å². The highest BCUT2D eigenvalue weighted by Crippen LogP contribution is 2.65. The number of carboxylic acid groups (broad SMARTS) is 1. The normalized spacial score (nSPS) is 25.0. The minimum absolute atomic E-state index is 0. The fourth-order valence-corrected chi connectivity index (χ4v) is 8.85. The highest BCUT2D eigenvalue weighted by Gasteiger charge is 2.70. The number of halogens is 7. The number of benzene rings is 2. The number of hydrogen-bond acceptors (Lipinski definition) is 9. The maximum atomic E-state index is 13.5. The molecular weight excluding hydrogens is 846 g/mol. The van der Waals surface area contributed by atoms with E-state index in [9.17, 15) is 45.5 Å². The number of alkyl halides is 6. The van der Waals surface area contributed by atoms with Crippen molar-refractivity contribution in [3.63, 3.8) is 0 Å². The molecule has 2 heterocycles. The van der Waals surface area contributed by atoms with Gasteiger partial charge in [0.15, 0.2) is 0 Å². The van der Waals surface area contributed by atoms with Gasteiger partial charge in [-0.15, -0.1) is 12.4 Å². The van der Waals surface area contributed by atoms with Gasteiger partial charge in [-0.1, -0.05) is 81.4 Å². The van der Waals surface area contributed by atoms with Crippen LogP contribution in [0.1, 0.15) is 80.4 Å². The molecule has 0 spiro atoms. The van der Waals surface area contributed by atoms with Gasteiger partial charge < -0.3 is 35.4 Å². The van der Waals surface area contributed by atoms with E-state index in [4.69, 9.17) is 14.6 Å². The highest BCUT2D eigenvalue weighted by atomic mass is 35.5. The van der Waals surface area contributed by atoms with E-state index in [-0.39, 0.29) is 59.0 Å². The molecule has 2 aromatic rings. The number of rotatable bonds is 8. The molecule has 0 aromatic heterocycles. The lowest BCUT2D eigenvalue weighted by Gasteiger charge is -2.37. The van der Waals surface area contributed by atoms with Gasteiger partial charge in [0.1, 0.15) is 24.2 Å². The summed E-state index contributed by atoms with van der Waals surface area (Å²) in [5.41, 5.74) is -2.17. The first-order chi connectivity index (χ1) is 27.8. The number of fused-ring (bicyclic) bond motifs is 2. The second-order valence-electron chi connectivity index (χ2n) is 19.7. The monoisotopic (exact) mass is 906 g/mol. The number of likely N-dealkylation sites (tertiary alicyclic amines) is 1. The van der Waals surface area contributed by atoms with Crippen LogP contribution in [0.25, 0.3) is 0 Å². The number of carbonyl (C=O) groups excluding carboxylic acids is 3. The fraction of sp³-hybridized carbons (Fsp3) is 0.636. The number of carbonyl (C=O) groups is 4. The third kappa shape index (κ3) is 11.5. The van der Waals surface area contributed by atoms with Crippen molar-refractivity contribution < 1.29 is 60.1 Å². The number of aliphatic carboxylic acids is 1. The zero-order chi connectivity index (χ0) is 46.4. The molecule has 8 atom stereocenters. The second-order valence-corrected chi connectivity index (χ2v) is 19.7. The Hall–Kier alpha value is -4.25. The zero-order valence-corrected chi connectivity index (χ0v) is 38.0. The van der Waals surface area contributed by atoms with Gasteiger partial charge in [0.2, 0.25) is 5.91 Å². The molecule has 18 heteroatoms. The summed E-state index contributed by atoms with van der Waals surface area (Å²) >= 11 is 0. The number of nitrogens with one attached hydrogen (secondary N) is 3. The first kappa shape index (κ1) is 52.1. The molecule has 2 aliphatic carbocycles. The van der Waals surface area contributed by atoms with Crippen molar-refractivity contribution in [2.45, 2.75) is 106 Å². The summed E-state index contributed by atoms with van der Waals surface area (Å²) in [5.74, 6) is -0.543. The fourth-order valence-electron chi connectivity index (χ4n) is 8.85. The van der Waals surface area contributed by atoms with Gasteiger partial charge in [0.05, 0.1) is 25.3 Å². The zero-order valence-electron chi connectivity index (χ0n) is 37.2. The quantitative estimate of drug-likeness (QED) is 0.150. The molecule has 11 nitrogen and oxygen atoms in total. The van der Waals surface area contributed by atoms with Crippen LogP contribution in [0.15, 0.2) is 48.5 Å². The molecule has 4 fully saturated rings. The Labute approximate surface area is 365 Å². The van der Waals surface area contributed by atoms with Gasteiger partial charge in [-0.05, 0) is 82.4 Å². The Morgan fingerprint density at radius 3 is 1.53 bits per heavy atom. The van der Waals surface area contributed by atoms with Crippen LogP contribution in [0, 0.1) is 45.3 Å². The number of nitrogens with zero attached hydrogens (tertiary/aromatic N) is 1. The minimum atomic E-state index is -4.48. The Bertz CT molecular complexity index is 1940. The van der Waals surface area contributed by atoms with E-state index in [0.717, 1.165) is 30.8 Å². The molecule has 348 valence electrons. The maximum absolute atomic E-state index is 13.5. The van der Waals surface area contributed by atoms with Crippen molar-refractivity contribution >= 4 is 47.6 Å². The number of methoxy groups -OCH3 is 2. The van der Waals surface area contributed by atoms with E-state index in [1.54, 1.807) is 25.7 Å². The molecule has 1 amide bonds. The van der Waals surface area contributed by atoms with E-state index in [0.29, 0.717) is 23.8 Å². The molecule has 2 aromatic carbocycles. The topological polar surface area (TPSA) is 146 Å². The summed E-state index contributed by atoms with van der Waals surface area (Å²) in [7, 11) is 2.75. The first-order valence-corrected chi connectivity index (χ1v) is 20.1. The van der Waals surface area contributed by atoms with Crippen molar-refractivity contribution in [2.75, 3.05) is 37.9 Å². The summed E-state index contributed by atoms with van der Waals surface area (Å²) < 4.78 is 86.6. The molecule has 4 N–H and O–H groups in total. The van der Waals surface area contributed by atoms with Gasteiger partial charge in [-0.3, -0.25) is 9.59 Å². The number of piperidine rings is 2. The number of amides is 1. The molecule has 2 aliphatic heterocycles. The van der Waals surface area contributed by atoms with Crippen LogP contribution in [0.2, 0.25) is 0 Å². The standard InChI is InChI=1S/C22H29F3N2O3.C13H16F3NO2.C9H15NO2.ClH/c1-20(2,3)17(26-13-9-7-8-12(10-13)22(23,24)25)18(28)27-11-14-15(21(14,4)5)16(27)19(29)30-6;1-12(2,3)10(11(18)19)17-9-6-4-5-8(7-9)13(14,15)16;1-9(2)5-4-10-7(6(5)9)8(11)12-3;/h7-10,14-17,26H,11H2,1-6H3;4-7,10,17H,1-3H3,(H,18,19);5-7,10H,4H2,1-3H3;1H/t14-,15-,16-,17+;10-;5-,6-,7-;/m010./s1. The van der Waals surface area contributed by atoms with Gasteiger partial charge in [0.25, 0.3) is 0 Å². The van der Waals surface area contributed by atoms with Crippen LogP contribution in [0.4, 0.5) is 37.7 Å². The van der Waals surface area contributed by atoms with Crippen molar-refractivity contribution in [2.24, 2.45) is 45.3 Å². The summed E-state index contributed by atoms with van der Waals surface area (Å²) in [6.07, 6.45) is -8.92. The predicted octanol–water partition coefficient (Wildman–Crippen LogP) is 8.63. The van der Waals surface area contributed by atoms with Gasteiger partial charge in [-0.25, -0.2) is 9.59 Å². The third-order valence-electron chi connectivity index (χ3n) is 12.7. The lowest BCUT2D eigenvalue weighted by molar-refractivity contribution is -0.154. The predicted molar refractivity (Wildman–Crippen MR) is 224 cm³/mol. The number of carboxylic acids is 1. The molecule has 0 unspecified atom stereocenters. The van der Waals surface area contributed by atoms with E-state index < -0.39 is 64.4 Å². The maximum Gasteiger partial charge on any atom is 0.416 e. The molecule has 0 radical (unpaired) electrons. The first-order valence-electron chi connectivity index (χ1n) is 20.1. The summed E-state index contributed by atoms with van der Waals surface area (Å²) in [5, 5.41) is 17.9. The van der Waals surface area contributed by atoms with Crippen molar-refractivity contribution in [1.82, 2.24) is 10.2 Å². The number of esters is 2. The van der Waals surface area contributed by atoms with Crippen LogP contribution in [0.3, 0.4) is 0 Å². The summed E-state index contributed by atoms with van der Waals surface area (Å²) in [6.45, 7) is 20.6. The van der Waals surface area contributed by atoms with E-state index in [2.05, 4.69) is 43.6 Å². The van der Waals surface area contributed by atoms with Crippen molar-refractivity contribution in [3.05, 3.63) is 59.7 Å². The van der Waals surface area contributed by atoms with Crippen LogP contribution < -0.4 is 16.0 Å². The van der Waals surface area contributed by atoms with Crippen LogP contribution in [-0.2, 0) is 41.0 Å². The van der Waals surface area contributed by atoms with Gasteiger partial charge in [-0.2, -0.15) is 26.3 Å². The molecule has 2 saturated carbocycles. The average Bonchev–Trinajstić information content (AvgIpc) is 3.60. The Morgan fingerprint density at radius 1 is 0.726 bits per heavy atom. The van der Waals surface area contributed by atoms with Gasteiger partial charge in [0, 0.05) is 23.8 Å². The lowest BCUT2D eigenvalue weighted by atomic mass is 9.85. The molecule has 0 bridgehead atoms. The molecule has 6 rings (SSSR count). The minimum Gasteiger partial charge on any atom is -0.480 e. The molecule has 2 saturated heterocycles. The molecular formula is C44H61ClF6N4O7. The Kier molecular flexibility index (Phi) is 15.5. The van der Waals surface area contributed by atoms with Crippen LogP contribution in [0.5, 0.6) is 0 Å². The smallest absolute Gasteiger partial charge is 0.416 e. The number of ether oxygens (including phenoxy) is 2. The van der Waals surface area contributed by atoms with Crippen molar-refractivity contribution in [1.29, 1.82) is 0 Å². The van der Waals surface area contributed by atoms with Crippen LogP contribution >= 0.6 is 12.4 Å². The highest BCUT2D eigenvalue weighted by molar-refractivity contribution is 5.91. The summed E-state index contributed by atoms with van der Waals surface area (Å²) in [6, 6.07) is 6.79.